The molecule has 0 bridgehead atoms. The Morgan fingerprint density at radius 2 is 1.93 bits per heavy atom. The molecule has 3 heteroatoms. The molecule has 1 nitrogen and oxygen atoms in total. The molecule has 0 aliphatic rings. The van der Waals surface area contributed by atoms with Crippen molar-refractivity contribution >= 4 is 27.5 Å². The van der Waals surface area contributed by atoms with Crippen LogP contribution in [0.2, 0.25) is 5.02 Å². The maximum absolute atomic E-state index is 6.12. The lowest BCUT2D eigenvalue weighted by Gasteiger charge is -2.28. The van der Waals surface area contributed by atoms with E-state index < -0.39 is 0 Å². The Morgan fingerprint density at radius 1 is 1.36 bits per heavy atom. The molecule has 0 aliphatic heterocycles. The minimum Gasteiger partial charge on any atom is -0.323 e. The molecule has 1 aromatic carbocycles. The normalized spacial score (nSPS) is 14.1. The second-order valence-electron chi connectivity index (χ2n) is 4.51. The Bertz CT molecular complexity index is 331. The summed E-state index contributed by atoms with van der Waals surface area (Å²) in [4.78, 5) is 0. The van der Waals surface area contributed by atoms with Gasteiger partial charge in [-0.15, -0.1) is 0 Å². The topological polar surface area (TPSA) is 26.0 Å². The molecule has 0 saturated heterocycles. The number of hydrogen-bond donors (Lipinski definition) is 1. The Labute approximate surface area is 98.8 Å². The van der Waals surface area contributed by atoms with Gasteiger partial charge in [0.05, 0.1) is 0 Å². The van der Waals surface area contributed by atoms with E-state index in [1.165, 1.54) is 0 Å². The molecular weight excluding hydrogens is 261 g/mol. The van der Waals surface area contributed by atoms with Crippen molar-refractivity contribution in [3.63, 3.8) is 0 Å². The van der Waals surface area contributed by atoms with E-state index in [0.717, 1.165) is 15.1 Å². The summed E-state index contributed by atoms with van der Waals surface area (Å²) in [5.41, 5.74) is 7.15. The molecule has 78 valence electrons. The minimum atomic E-state index is -0.0388. The van der Waals surface area contributed by atoms with Gasteiger partial charge in [-0.2, -0.15) is 0 Å². The van der Waals surface area contributed by atoms with E-state index in [9.17, 15) is 0 Å². The van der Waals surface area contributed by atoms with E-state index in [0.29, 0.717) is 0 Å². The minimum absolute atomic E-state index is 0.0253. The smallest absolute Gasteiger partial charge is 0.0465 e. The third kappa shape index (κ3) is 2.72. The average molecular weight is 277 g/mol. The van der Waals surface area contributed by atoms with Crippen LogP contribution in [0.15, 0.2) is 22.7 Å². The Hall–Kier alpha value is -0.0500. The van der Waals surface area contributed by atoms with Crippen molar-refractivity contribution in [2.24, 2.45) is 11.1 Å². The van der Waals surface area contributed by atoms with Crippen molar-refractivity contribution in [3.8, 4) is 0 Å². The van der Waals surface area contributed by atoms with Crippen molar-refractivity contribution in [2.45, 2.75) is 26.8 Å². The number of hydrogen-bond acceptors (Lipinski definition) is 1. The van der Waals surface area contributed by atoms with Crippen LogP contribution < -0.4 is 5.73 Å². The highest BCUT2D eigenvalue weighted by Gasteiger charge is 2.23. The summed E-state index contributed by atoms with van der Waals surface area (Å²) in [6, 6.07) is 5.78. The quantitative estimate of drug-likeness (QED) is 0.819. The first-order chi connectivity index (χ1) is 6.32. The zero-order valence-corrected chi connectivity index (χ0v) is 11.0. The first-order valence-electron chi connectivity index (χ1n) is 4.53. The molecule has 0 heterocycles. The molecule has 14 heavy (non-hydrogen) atoms. The van der Waals surface area contributed by atoms with E-state index in [4.69, 9.17) is 17.3 Å². The SMILES string of the molecule is CC(C)(C)C(N)c1ccc(Br)cc1Cl. The van der Waals surface area contributed by atoms with Crippen molar-refractivity contribution < 1.29 is 0 Å². The third-order valence-electron chi connectivity index (χ3n) is 2.23. The van der Waals surface area contributed by atoms with Gasteiger partial charge in [0, 0.05) is 15.5 Å². The van der Waals surface area contributed by atoms with Gasteiger partial charge in [0.25, 0.3) is 0 Å². The number of benzene rings is 1. The number of nitrogens with two attached hydrogens (primary N) is 1. The van der Waals surface area contributed by atoms with Crippen LogP contribution in [-0.4, -0.2) is 0 Å². The fourth-order valence-electron chi connectivity index (χ4n) is 1.22. The first kappa shape index (κ1) is 12.0. The summed E-state index contributed by atoms with van der Waals surface area (Å²) in [7, 11) is 0. The van der Waals surface area contributed by atoms with Crippen molar-refractivity contribution in [2.75, 3.05) is 0 Å². The van der Waals surface area contributed by atoms with Gasteiger partial charge in [-0.1, -0.05) is 54.4 Å². The van der Waals surface area contributed by atoms with E-state index in [1.54, 1.807) is 0 Å². The van der Waals surface area contributed by atoms with Crippen LogP contribution in [0.25, 0.3) is 0 Å². The van der Waals surface area contributed by atoms with E-state index >= 15 is 0 Å². The molecular formula is C11H15BrClN. The van der Waals surface area contributed by atoms with Crippen LogP contribution in [0.3, 0.4) is 0 Å². The van der Waals surface area contributed by atoms with Gasteiger partial charge >= 0.3 is 0 Å². The largest absolute Gasteiger partial charge is 0.323 e. The zero-order chi connectivity index (χ0) is 10.9. The molecule has 0 spiro atoms. The molecule has 1 aromatic rings. The van der Waals surface area contributed by atoms with Crippen LogP contribution in [-0.2, 0) is 0 Å². The Morgan fingerprint density at radius 3 is 2.36 bits per heavy atom. The lowest BCUT2D eigenvalue weighted by molar-refractivity contribution is 0.327. The molecule has 0 saturated carbocycles. The molecule has 2 N–H and O–H groups in total. The molecule has 0 amide bonds. The monoisotopic (exact) mass is 275 g/mol. The second-order valence-corrected chi connectivity index (χ2v) is 5.83. The molecule has 1 unspecified atom stereocenters. The van der Waals surface area contributed by atoms with Crippen LogP contribution in [0.5, 0.6) is 0 Å². The highest BCUT2D eigenvalue weighted by Crippen LogP contribution is 2.35. The van der Waals surface area contributed by atoms with Gasteiger partial charge in [0.15, 0.2) is 0 Å². The van der Waals surface area contributed by atoms with Crippen LogP contribution in [0.1, 0.15) is 32.4 Å². The predicted octanol–water partition coefficient (Wildman–Crippen LogP) is 4.15. The number of rotatable bonds is 1. The molecule has 0 radical (unpaired) electrons. The fraction of sp³-hybridized carbons (Fsp3) is 0.455. The van der Waals surface area contributed by atoms with Crippen LogP contribution >= 0.6 is 27.5 Å². The molecule has 1 atom stereocenters. The third-order valence-corrected chi connectivity index (χ3v) is 3.05. The molecule has 0 fully saturated rings. The standard InChI is InChI=1S/C11H15BrClN/c1-11(2,3)10(14)8-5-4-7(12)6-9(8)13/h4-6,10H,14H2,1-3H3. The van der Waals surface area contributed by atoms with Gasteiger partial charge in [-0.05, 0) is 23.1 Å². The zero-order valence-electron chi connectivity index (χ0n) is 8.64. The van der Waals surface area contributed by atoms with E-state index in [1.807, 2.05) is 18.2 Å². The van der Waals surface area contributed by atoms with Crippen molar-refractivity contribution in [1.82, 2.24) is 0 Å². The summed E-state index contributed by atoms with van der Waals surface area (Å²) in [6.07, 6.45) is 0. The molecule has 0 aliphatic carbocycles. The lowest BCUT2D eigenvalue weighted by atomic mass is 9.83. The van der Waals surface area contributed by atoms with E-state index in [-0.39, 0.29) is 11.5 Å². The van der Waals surface area contributed by atoms with Gasteiger partial charge in [-0.25, -0.2) is 0 Å². The first-order valence-corrected chi connectivity index (χ1v) is 5.70. The van der Waals surface area contributed by atoms with Crippen LogP contribution in [0, 0.1) is 5.41 Å². The molecule has 0 aromatic heterocycles. The highest BCUT2D eigenvalue weighted by atomic mass is 79.9. The van der Waals surface area contributed by atoms with Gasteiger partial charge < -0.3 is 5.73 Å². The number of halogens is 2. The molecule has 1 rings (SSSR count). The van der Waals surface area contributed by atoms with Crippen LogP contribution in [0.4, 0.5) is 0 Å². The summed E-state index contributed by atoms with van der Waals surface area (Å²) < 4.78 is 0.979. The maximum Gasteiger partial charge on any atom is 0.0465 e. The van der Waals surface area contributed by atoms with Gasteiger partial charge in [0.2, 0.25) is 0 Å². The Balaban J connectivity index is 3.08. The van der Waals surface area contributed by atoms with E-state index in [2.05, 4.69) is 36.7 Å². The van der Waals surface area contributed by atoms with Crippen molar-refractivity contribution in [1.29, 1.82) is 0 Å². The summed E-state index contributed by atoms with van der Waals surface area (Å²) >= 11 is 9.49. The van der Waals surface area contributed by atoms with Crippen molar-refractivity contribution in [3.05, 3.63) is 33.3 Å². The lowest BCUT2D eigenvalue weighted by Crippen LogP contribution is -2.26. The average Bonchev–Trinajstić information content (AvgIpc) is 2.01. The summed E-state index contributed by atoms with van der Waals surface area (Å²) in [6.45, 7) is 6.32. The Kier molecular flexibility index (Phi) is 3.62. The second kappa shape index (κ2) is 4.21. The van der Waals surface area contributed by atoms with Gasteiger partial charge in [0.1, 0.15) is 0 Å². The summed E-state index contributed by atoms with van der Waals surface area (Å²) in [5, 5.41) is 0.724. The predicted molar refractivity (Wildman–Crippen MR) is 65.5 cm³/mol. The fourth-order valence-corrected chi connectivity index (χ4v) is 2.01. The summed E-state index contributed by atoms with van der Waals surface area (Å²) in [5.74, 6) is 0. The highest BCUT2D eigenvalue weighted by molar-refractivity contribution is 9.10. The maximum atomic E-state index is 6.12. The van der Waals surface area contributed by atoms with Gasteiger partial charge in [-0.3, -0.25) is 0 Å².